The Morgan fingerprint density at radius 1 is 1.02 bits per heavy atom. The number of rotatable bonds is 6. The number of carbonyl (C=O) groups is 1. The summed E-state index contributed by atoms with van der Waals surface area (Å²) in [5.41, 5.74) is -0.314. The summed E-state index contributed by atoms with van der Waals surface area (Å²) in [6.45, 7) is 0.0955. The first kappa shape index (κ1) is 30.3. The molecular weight excluding hydrogens is 659 g/mol. The highest BCUT2D eigenvalue weighted by Crippen LogP contribution is 2.49. The molecule has 0 bridgehead atoms. The molecule has 0 aromatic heterocycles. The number of benzene rings is 4. The van der Waals surface area contributed by atoms with Crippen molar-refractivity contribution in [2.45, 2.75) is 18.8 Å². The van der Waals surface area contributed by atoms with Gasteiger partial charge in [0.1, 0.15) is 23.1 Å². The highest BCUT2D eigenvalue weighted by atomic mass is 79.9. The Hall–Kier alpha value is -4.18. The lowest BCUT2D eigenvalue weighted by Crippen LogP contribution is -2.24. The summed E-state index contributed by atoms with van der Waals surface area (Å²) in [7, 11) is 1.51. The molecule has 12 heteroatoms. The minimum Gasteiger partial charge on any atom is -0.497 e. The molecule has 0 spiro atoms. The van der Waals surface area contributed by atoms with Crippen LogP contribution < -0.4 is 10.1 Å². The zero-order valence-corrected chi connectivity index (χ0v) is 24.4. The first-order valence-electron chi connectivity index (χ1n) is 12.5. The van der Waals surface area contributed by atoms with Crippen molar-refractivity contribution in [1.82, 2.24) is 4.90 Å². The molecule has 43 heavy (non-hydrogen) atoms. The van der Waals surface area contributed by atoms with Crippen LogP contribution in [-0.2, 0) is 17.5 Å². The van der Waals surface area contributed by atoms with Crippen LogP contribution in [0.2, 0.25) is 5.02 Å². The van der Waals surface area contributed by atoms with Crippen LogP contribution in [0.4, 0.5) is 27.6 Å². The molecule has 0 saturated heterocycles. The van der Waals surface area contributed by atoms with E-state index < -0.39 is 41.0 Å². The molecular formula is C31H19BrClF5N2O3. The Morgan fingerprint density at radius 2 is 1.74 bits per heavy atom. The molecule has 4 aromatic rings. The molecule has 0 aliphatic carbocycles. The molecule has 1 amide bonds. The maximum atomic E-state index is 14.6. The lowest BCUT2D eigenvalue weighted by Gasteiger charge is -2.29. The van der Waals surface area contributed by atoms with Crippen LogP contribution in [0.15, 0.2) is 77.3 Å². The molecule has 1 aliphatic rings. The predicted octanol–water partition coefficient (Wildman–Crippen LogP) is 8.44. The van der Waals surface area contributed by atoms with Crippen molar-refractivity contribution < 1.29 is 36.3 Å². The second-order valence-electron chi connectivity index (χ2n) is 9.59. The Kier molecular flexibility index (Phi) is 8.34. The van der Waals surface area contributed by atoms with Gasteiger partial charge in [-0.1, -0.05) is 39.7 Å². The van der Waals surface area contributed by atoms with Crippen molar-refractivity contribution in [2.24, 2.45) is 0 Å². The fourth-order valence-electron chi connectivity index (χ4n) is 5.02. The van der Waals surface area contributed by atoms with Gasteiger partial charge in [0.15, 0.2) is 5.94 Å². The summed E-state index contributed by atoms with van der Waals surface area (Å²) in [6, 6.07) is 14.3. The van der Waals surface area contributed by atoms with E-state index in [-0.39, 0.29) is 39.5 Å². The molecule has 0 fully saturated rings. The zero-order valence-electron chi connectivity index (χ0n) is 22.0. The first-order chi connectivity index (χ1) is 20.4. The quantitative estimate of drug-likeness (QED) is 0.164. The van der Waals surface area contributed by atoms with Gasteiger partial charge in [-0.15, -0.1) is 0 Å². The lowest BCUT2D eigenvalue weighted by molar-refractivity contribution is -0.137. The molecule has 5 nitrogen and oxygen atoms in total. The second kappa shape index (κ2) is 11.8. The molecule has 0 radical (unpaired) electrons. The van der Waals surface area contributed by atoms with Crippen LogP contribution in [0.5, 0.6) is 5.75 Å². The van der Waals surface area contributed by atoms with Gasteiger partial charge >= 0.3 is 6.18 Å². The van der Waals surface area contributed by atoms with E-state index in [9.17, 15) is 31.5 Å². The van der Waals surface area contributed by atoms with Crippen LogP contribution >= 0.6 is 27.5 Å². The first-order valence-corrected chi connectivity index (χ1v) is 13.7. The summed E-state index contributed by atoms with van der Waals surface area (Å²) < 4.78 is 74.2. The number of fused-ring (bicyclic) bond motifs is 1. The van der Waals surface area contributed by atoms with E-state index in [1.165, 1.54) is 25.3 Å². The highest BCUT2D eigenvalue weighted by molar-refractivity contribution is 9.10. The van der Waals surface area contributed by atoms with Gasteiger partial charge < -0.3 is 15.0 Å². The van der Waals surface area contributed by atoms with Gasteiger partial charge in [-0.3, -0.25) is 4.79 Å². The fourth-order valence-corrected chi connectivity index (χ4v) is 5.70. The third kappa shape index (κ3) is 6.15. The standard InChI is InChI=1S/C31H19BrClF5N2O3/c1-43-22-5-2-16(3-6-22)14-40-27(15-41)24-10-18(32)11-25(28(24)29(40)23-13-19(34)4-7-26(23)33)30(42)39-21-9-17(31(36,37)38)8-20(35)12-21/h2-13,29H,14H2,1H3,(H,39,42). The van der Waals surface area contributed by atoms with Gasteiger partial charge in [0, 0.05) is 44.0 Å². The van der Waals surface area contributed by atoms with E-state index in [4.69, 9.17) is 16.3 Å². The van der Waals surface area contributed by atoms with Crippen molar-refractivity contribution in [3.05, 3.63) is 127 Å². The number of carbonyl (C=O) groups excluding carboxylic acids is 2. The largest absolute Gasteiger partial charge is 0.497 e. The molecule has 220 valence electrons. The Bertz CT molecular complexity index is 1790. The van der Waals surface area contributed by atoms with E-state index in [0.29, 0.717) is 22.4 Å². The van der Waals surface area contributed by atoms with Crippen molar-refractivity contribution in [3.8, 4) is 5.75 Å². The SMILES string of the molecule is COc1ccc(CN2C(=C=O)c3cc(Br)cc(C(=O)Nc4cc(F)cc(C(F)(F)F)c4)c3C2c2cc(F)ccc2Cl)cc1. The molecule has 1 aliphatic heterocycles. The predicted molar refractivity (Wildman–Crippen MR) is 154 cm³/mol. The molecule has 1 heterocycles. The van der Waals surface area contributed by atoms with Crippen molar-refractivity contribution in [2.75, 3.05) is 12.4 Å². The minimum absolute atomic E-state index is 0.0385. The van der Waals surface area contributed by atoms with Gasteiger partial charge in [-0.05, 0) is 66.2 Å². The van der Waals surface area contributed by atoms with Crippen molar-refractivity contribution in [1.29, 1.82) is 0 Å². The molecule has 1 unspecified atom stereocenters. The summed E-state index contributed by atoms with van der Waals surface area (Å²) in [6.07, 6.45) is -4.86. The summed E-state index contributed by atoms with van der Waals surface area (Å²) in [4.78, 5) is 27.7. The summed E-state index contributed by atoms with van der Waals surface area (Å²) in [5, 5.41) is 2.47. The van der Waals surface area contributed by atoms with Gasteiger partial charge in [-0.25, -0.2) is 13.6 Å². The molecule has 1 N–H and O–H groups in total. The van der Waals surface area contributed by atoms with Crippen molar-refractivity contribution >= 4 is 50.8 Å². The average Bonchev–Trinajstić information content (AvgIpc) is 3.25. The van der Waals surface area contributed by atoms with E-state index in [0.717, 1.165) is 17.7 Å². The van der Waals surface area contributed by atoms with Gasteiger partial charge in [0.2, 0.25) is 0 Å². The maximum Gasteiger partial charge on any atom is 0.416 e. The number of anilines is 1. The highest BCUT2D eigenvalue weighted by Gasteiger charge is 2.41. The second-order valence-corrected chi connectivity index (χ2v) is 10.9. The van der Waals surface area contributed by atoms with E-state index in [2.05, 4.69) is 21.2 Å². The van der Waals surface area contributed by atoms with E-state index in [1.54, 1.807) is 35.2 Å². The van der Waals surface area contributed by atoms with Crippen LogP contribution in [0, 0.1) is 11.6 Å². The van der Waals surface area contributed by atoms with Gasteiger partial charge in [-0.2, -0.15) is 13.2 Å². The number of ether oxygens (including phenoxy) is 1. The topological polar surface area (TPSA) is 58.6 Å². The number of nitrogens with one attached hydrogen (secondary N) is 1. The van der Waals surface area contributed by atoms with Crippen molar-refractivity contribution in [3.63, 3.8) is 0 Å². The Balaban J connectivity index is 1.67. The normalized spacial score (nSPS) is 14.4. The minimum atomic E-state index is -4.86. The van der Waals surface area contributed by atoms with Crippen LogP contribution in [0.25, 0.3) is 5.70 Å². The average molecular weight is 678 g/mol. The number of alkyl halides is 3. The zero-order chi connectivity index (χ0) is 31.1. The number of nitrogens with zero attached hydrogens (tertiary/aromatic N) is 1. The van der Waals surface area contributed by atoms with Crippen LogP contribution in [-0.4, -0.2) is 23.9 Å². The Morgan fingerprint density at radius 3 is 2.40 bits per heavy atom. The Labute approximate surface area is 255 Å². The lowest BCUT2D eigenvalue weighted by atomic mass is 9.92. The van der Waals surface area contributed by atoms with Crippen LogP contribution in [0.3, 0.4) is 0 Å². The summed E-state index contributed by atoms with van der Waals surface area (Å²) >= 11 is 9.87. The third-order valence-corrected chi connectivity index (χ3v) is 7.66. The third-order valence-electron chi connectivity index (χ3n) is 6.86. The monoisotopic (exact) mass is 676 g/mol. The molecule has 1 atom stereocenters. The molecule has 5 rings (SSSR count). The smallest absolute Gasteiger partial charge is 0.416 e. The summed E-state index contributed by atoms with van der Waals surface area (Å²) in [5.74, 6) is -0.208. The molecule has 0 saturated carbocycles. The number of amides is 1. The number of hydrogen-bond donors (Lipinski definition) is 1. The van der Waals surface area contributed by atoms with Gasteiger partial charge in [0.25, 0.3) is 5.91 Å². The fraction of sp³-hybridized carbons (Fsp3) is 0.129. The number of halogens is 7. The maximum absolute atomic E-state index is 14.6. The van der Waals surface area contributed by atoms with Crippen LogP contribution in [0.1, 0.15) is 44.2 Å². The van der Waals surface area contributed by atoms with E-state index in [1.807, 2.05) is 5.94 Å². The van der Waals surface area contributed by atoms with Gasteiger partial charge in [0.05, 0.1) is 18.7 Å². The van der Waals surface area contributed by atoms with E-state index >= 15 is 0 Å². The number of methoxy groups -OCH3 is 1. The molecule has 4 aromatic carbocycles. The number of hydrogen-bond acceptors (Lipinski definition) is 4.